The molecular formula is C10H10N2O2. The normalized spacial score (nSPS) is 10.3. The van der Waals surface area contributed by atoms with Gasteiger partial charge >= 0.3 is 0 Å². The molecule has 0 bridgehead atoms. The van der Waals surface area contributed by atoms with E-state index in [1.54, 1.807) is 23.4 Å². The van der Waals surface area contributed by atoms with Crippen molar-refractivity contribution < 1.29 is 9.21 Å². The van der Waals surface area contributed by atoms with Crippen LogP contribution in [0.15, 0.2) is 35.3 Å². The molecule has 14 heavy (non-hydrogen) atoms. The second-order valence-electron chi connectivity index (χ2n) is 2.96. The summed E-state index contributed by atoms with van der Waals surface area (Å²) in [6, 6.07) is 3.77. The molecule has 0 radical (unpaired) electrons. The maximum absolute atomic E-state index is 10.6. The van der Waals surface area contributed by atoms with Crippen molar-refractivity contribution in [3.05, 3.63) is 42.4 Å². The Hall–Kier alpha value is -1.84. The molecule has 4 heteroatoms. The third kappa shape index (κ3) is 1.74. The Balaban J connectivity index is 2.01. The van der Waals surface area contributed by atoms with Gasteiger partial charge in [-0.1, -0.05) is 0 Å². The van der Waals surface area contributed by atoms with E-state index in [0.717, 1.165) is 18.5 Å². The van der Waals surface area contributed by atoms with Crippen molar-refractivity contribution in [1.82, 2.24) is 9.55 Å². The van der Waals surface area contributed by atoms with E-state index in [-0.39, 0.29) is 0 Å². The monoisotopic (exact) mass is 190 g/mol. The lowest BCUT2D eigenvalue weighted by molar-refractivity contribution is 0.111. The molecule has 72 valence electrons. The summed E-state index contributed by atoms with van der Waals surface area (Å²) < 4.78 is 6.98. The number of carbonyl (C=O) groups excluding carboxylic acids is 1. The molecule has 2 heterocycles. The van der Waals surface area contributed by atoms with Gasteiger partial charge in [-0.05, 0) is 12.1 Å². The van der Waals surface area contributed by atoms with Crippen LogP contribution in [-0.4, -0.2) is 15.8 Å². The number of hydrogen-bond acceptors (Lipinski definition) is 3. The van der Waals surface area contributed by atoms with Gasteiger partial charge < -0.3 is 8.98 Å². The van der Waals surface area contributed by atoms with Crippen molar-refractivity contribution in [2.75, 3.05) is 0 Å². The molecule has 0 atom stereocenters. The number of hydrogen-bond donors (Lipinski definition) is 0. The van der Waals surface area contributed by atoms with Gasteiger partial charge in [0.1, 0.15) is 11.5 Å². The first-order valence-corrected chi connectivity index (χ1v) is 4.38. The standard InChI is InChI=1S/C10H10N2O2/c13-7-9-6-11-8-12(9)4-3-10-2-1-5-14-10/h1-2,5-8H,3-4H2. The van der Waals surface area contributed by atoms with Gasteiger partial charge in [0.15, 0.2) is 6.29 Å². The predicted octanol–water partition coefficient (Wildman–Crippen LogP) is 1.53. The fourth-order valence-corrected chi connectivity index (χ4v) is 1.30. The first kappa shape index (κ1) is 8.74. The highest BCUT2D eigenvalue weighted by Crippen LogP contribution is 2.04. The molecule has 0 saturated heterocycles. The number of carbonyl (C=O) groups is 1. The summed E-state index contributed by atoms with van der Waals surface area (Å²) in [6.45, 7) is 0.710. The van der Waals surface area contributed by atoms with Crippen molar-refractivity contribution in [2.45, 2.75) is 13.0 Å². The molecule has 0 aliphatic carbocycles. The molecule has 0 fully saturated rings. The number of nitrogens with zero attached hydrogens (tertiary/aromatic N) is 2. The Labute approximate surface area is 81.2 Å². The first-order valence-electron chi connectivity index (χ1n) is 4.38. The third-order valence-electron chi connectivity index (χ3n) is 2.04. The molecule has 2 rings (SSSR count). The molecule has 0 spiro atoms. The minimum atomic E-state index is 0.594. The van der Waals surface area contributed by atoms with Gasteiger partial charge in [0.25, 0.3) is 0 Å². The SMILES string of the molecule is O=Cc1cncn1CCc1ccco1. The maximum atomic E-state index is 10.6. The number of rotatable bonds is 4. The summed E-state index contributed by atoms with van der Waals surface area (Å²) in [6.07, 6.45) is 6.41. The molecule has 0 aliphatic heterocycles. The van der Waals surface area contributed by atoms with Gasteiger partial charge in [-0.15, -0.1) is 0 Å². The molecule has 0 saturated carbocycles. The van der Waals surface area contributed by atoms with Crippen LogP contribution in [0.1, 0.15) is 16.2 Å². The zero-order valence-electron chi connectivity index (χ0n) is 7.59. The minimum Gasteiger partial charge on any atom is -0.469 e. The number of furan rings is 1. The lowest BCUT2D eigenvalue weighted by atomic mass is 10.3. The second kappa shape index (κ2) is 3.91. The van der Waals surface area contributed by atoms with E-state index in [0.29, 0.717) is 12.2 Å². The predicted molar refractivity (Wildman–Crippen MR) is 50.0 cm³/mol. The van der Waals surface area contributed by atoms with Crippen molar-refractivity contribution in [2.24, 2.45) is 0 Å². The third-order valence-corrected chi connectivity index (χ3v) is 2.04. The summed E-state index contributed by atoms with van der Waals surface area (Å²) in [5.74, 6) is 0.913. The van der Waals surface area contributed by atoms with Crippen LogP contribution in [0.5, 0.6) is 0 Å². The highest BCUT2D eigenvalue weighted by atomic mass is 16.3. The molecule has 0 aromatic carbocycles. The van der Waals surface area contributed by atoms with E-state index in [4.69, 9.17) is 4.42 Å². The van der Waals surface area contributed by atoms with Crippen LogP contribution in [0.25, 0.3) is 0 Å². The molecule has 0 aliphatic rings. The van der Waals surface area contributed by atoms with Crippen LogP contribution < -0.4 is 0 Å². The molecule has 0 N–H and O–H groups in total. The fourth-order valence-electron chi connectivity index (χ4n) is 1.30. The summed E-state index contributed by atoms with van der Waals surface area (Å²) >= 11 is 0. The van der Waals surface area contributed by atoms with Crippen LogP contribution in [0.2, 0.25) is 0 Å². The highest BCUT2D eigenvalue weighted by Gasteiger charge is 2.01. The lowest BCUT2D eigenvalue weighted by Crippen LogP contribution is -2.02. The van der Waals surface area contributed by atoms with Crippen molar-refractivity contribution >= 4 is 6.29 Å². The second-order valence-corrected chi connectivity index (χ2v) is 2.96. The number of imidazole rings is 1. The van der Waals surface area contributed by atoms with E-state index in [1.165, 1.54) is 0 Å². The van der Waals surface area contributed by atoms with E-state index in [2.05, 4.69) is 4.98 Å². The van der Waals surface area contributed by atoms with E-state index in [9.17, 15) is 4.79 Å². The van der Waals surface area contributed by atoms with Crippen molar-refractivity contribution in [1.29, 1.82) is 0 Å². The van der Waals surface area contributed by atoms with Gasteiger partial charge in [-0.2, -0.15) is 0 Å². The van der Waals surface area contributed by atoms with Crippen molar-refractivity contribution in [3.63, 3.8) is 0 Å². The summed E-state index contributed by atoms with van der Waals surface area (Å²) in [5.41, 5.74) is 0.594. The van der Waals surface area contributed by atoms with Crippen LogP contribution in [0, 0.1) is 0 Å². The average molecular weight is 190 g/mol. The Morgan fingerprint density at radius 1 is 1.57 bits per heavy atom. The highest BCUT2D eigenvalue weighted by molar-refractivity contribution is 5.71. The smallest absolute Gasteiger partial charge is 0.168 e. The van der Waals surface area contributed by atoms with Gasteiger partial charge in [-0.3, -0.25) is 4.79 Å². The van der Waals surface area contributed by atoms with E-state index in [1.807, 2.05) is 12.1 Å². The minimum absolute atomic E-state index is 0.594. The Bertz CT molecular complexity index is 403. The largest absolute Gasteiger partial charge is 0.469 e. The van der Waals surface area contributed by atoms with E-state index >= 15 is 0 Å². The molecule has 0 amide bonds. The Morgan fingerprint density at radius 3 is 3.21 bits per heavy atom. The van der Waals surface area contributed by atoms with Crippen LogP contribution in [0.3, 0.4) is 0 Å². The number of aldehydes is 1. The molecule has 2 aromatic rings. The summed E-state index contributed by atoms with van der Waals surface area (Å²) in [5, 5.41) is 0. The molecule has 4 nitrogen and oxygen atoms in total. The van der Waals surface area contributed by atoms with Crippen LogP contribution in [-0.2, 0) is 13.0 Å². The zero-order chi connectivity index (χ0) is 9.80. The Kier molecular flexibility index (Phi) is 2.44. The van der Waals surface area contributed by atoms with Crippen LogP contribution >= 0.6 is 0 Å². The zero-order valence-corrected chi connectivity index (χ0v) is 7.59. The molecule has 0 unspecified atom stereocenters. The quantitative estimate of drug-likeness (QED) is 0.687. The number of aryl methyl sites for hydroxylation is 2. The fraction of sp³-hybridized carbons (Fsp3) is 0.200. The molecular weight excluding hydrogens is 180 g/mol. The van der Waals surface area contributed by atoms with Crippen LogP contribution in [0.4, 0.5) is 0 Å². The summed E-state index contributed by atoms with van der Waals surface area (Å²) in [4.78, 5) is 14.5. The number of aromatic nitrogens is 2. The maximum Gasteiger partial charge on any atom is 0.168 e. The topological polar surface area (TPSA) is 48.0 Å². The van der Waals surface area contributed by atoms with Crippen molar-refractivity contribution in [3.8, 4) is 0 Å². The van der Waals surface area contributed by atoms with Gasteiger partial charge in [0.05, 0.1) is 18.8 Å². The summed E-state index contributed by atoms with van der Waals surface area (Å²) in [7, 11) is 0. The van der Waals surface area contributed by atoms with E-state index < -0.39 is 0 Å². The first-order chi connectivity index (χ1) is 6.90. The lowest BCUT2D eigenvalue weighted by Gasteiger charge is -2.01. The Morgan fingerprint density at radius 2 is 2.50 bits per heavy atom. The average Bonchev–Trinajstić information content (AvgIpc) is 2.85. The van der Waals surface area contributed by atoms with Gasteiger partial charge in [0, 0.05) is 13.0 Å². The van der Waals surface area contributed by atoms with Gasteiger partial charge in [-0.25, -0.2) is 4.98 Å². The van der Waals surface area contributed by atoms with Gasteiger partial charge in [0.2, 0.25) is 0 Å². The molecule has 2 aromatic heterocycles.